The van der Waals surface area contributed by atoms with Crippen LogP contribution in [0.15, 0.2) is 41.5 Å². The molecular formula is C19H23N5O2. The van der Waals surface area contributed by atoms with Crippen LogP contribution in [0.2, 0.25) is 0 Å². The van der Waals surface area contributed by atoms with E-state index in [1.807, 2.05) is 17.0 Å². The van der Waals surface area contributed by atoms with Gasteiger partial charge in [-0.3, -0.25) is 14.6 Å². The van der Waals surface area contributed by atoms with Gasteiger partial charge in [0.25, 0.3) is 5.56 Å². The van der Waals surface area contributed by atoms with Gasteiger partial charge in [-0.2, -0.15) is 5.10 Å². The van der Waals surface area contributed by atoms with Gasteiger partial charge in [0.2, 0.25) is 5.91 Å². The highest BCUT2D eigenvalue weighted by Gasteiger charge is 2.29. The first kappa shape index (κ1) is 16.9. The first-order valence-electron chi connectivity index (χ1n) is 9.18. The number of rotatable bonds is 6. The number of hydrogen-bond donors (Lipinski definition) is 0. The number of carbonyl (C=O) groups is 1. The minimum Gasteiger partial charge on any atom is -0.341 e. The molecule has 26 heavy (non-hydrogen) atoms. The molecule has 4 heterocycles. The standard InChI is InChI=1S/C19H23N5O2/c25-18-4-2-8-23(18)10-9-22-12-15(13-22)14-24-19(26)6-5-17(21-24)16-3-1-7-20-11-16/h1,3,5-7,11,15H,2,4,8-10,12-14H2. The highest BCUT2D eigenvalue weighted by atomic mass is 16.2. The summed E-state index contributed by atoms with van der Waals surface area (Å²) < 4.78 is 1.56. The van der Waals surface area contributed by atoms with Crippen molar-refractivity contribution in [2.24, 2.45) is 5.92 Å². The molecule has 0 bridgehead atoms. The Morgan fingerprint density at radius 1 is 1.12 bits per heavy atom. The quantitative estimate of drug-likeness (QED) is 0.770. The molecule has 2 aliphatic rings. The van der Waals surface area contributed by atoms with Crippen LogP contribution in [0.1, 0.15) is 12.8 Å². The fourth-order valence-electron chi connectivity index (χ4n) is 3.67. The summed E-state index contributed by atoms with van der Waals surface area (Å²) in [4.78, 5) is 32.2. The normalized spacial score (nSPS) is 18.3. The molecule has 0 unspecified atom stereocenters. The Hall–Kier alpha value is -2.54. The maximum absolute atomic E-state index is 12.1. The van der Waals surface area contributed by atoms with Crippen LogP contribution < -0.4 is 5.56 Å². The molecule has 7 heteroatoms. The second-order valence-corrected chi connectivity index (χ2v) is 7.09. The Bertz CT molecular complexity index is 829. The Balaban J connectivity index is 1.31. The first-order valence-corrected chi connectivity index (χ1v) is 9.18. The molecule has 2 fully saturated rings. The van der Waals surface area contributed by atoms with Gasteiger partial charge in [0.05, 0.1) is 12.2 Å². The fourth-order valence-corrected chi connectivity index (χ4v) is 3.67. The zero-order valence-corrected chi connectivity index (χ0v) is 14.8. The first-order chi connectivity index (χ1) is 12.7. The number of hydrogen-bond acceptors (Lipinski definition) is 5. The third kappa shape index (κ3) is 3.67. The summed E-state index contributed by atoms with van der Waals surface area (Å²) >= 11 is 0. The Morgan fingerprint density at radius 2 is 2.00 bits per heavy atom. The van der Waals surface area contributed by atoms with Crippen LogP contribution >= 0.6 is 0 Å². The number of amides is 1. The second kappa shape index (κ2) is 7.37. The van der Waals surface area contributed by atoms with Crippen LogP contribution in [-0.4, -0.2) is 63.2 Å². The number of carbonyl (C=O) groups excluding carboxylic acids is 1. The average molecular weight is 353 g/mol. The molecule has 0 saturated carbocycles. The Labute approximate surface area is 152 Å². The summed E-state index contributed by atoms with van der Waals surface area (Å²) in [5.74, 6) is 0.712. The monoisotopic (exact) mass is 353 g/mol. The van der Waals surface area contributed by atoms with E-state index in [2.05, 4.69) is 15.0 Å². The van der Waals surface area contributed by atoms with E-state index in [9.17, 15) is 9.59 Å². The van der Waals surface area contributed by atoms with Gasteiger partial charge in [0.1, 0.15) is 0 Å². The lowest BCUT2D eigenvalue weighted by Gasteiger charge is -2.40. The lowest BCUT2D eigenvalue weighted by atomic mass is 10.0. The van der Waals surface area contributed by atoms with Gasteiger partial charge in [-0.05, 0) is 24.6 Å². The highest BCUT2D eigenvalue weighted by Crippen LogP contribution is 2.18. The summed E-state index contributed by atoms with van der Waals surface area (Å²) in [6.07, 6.45) is 5.16. The topological polar surface area (TPSA) is 71.3 Å². The molecule has 0 aliphatic carbocycles. The number of pyridine rings is 1. The molecule has 0 aromatic carbocycles. The minimum atomic E-state index is -0.0706. The van der Waals surface area contributed by atoms with E-state index in [-0.39, 0.29) is 11.5 Å². The van der Waals surface area contributed by atoms with Crippen LogP contribution in [-0.2, 0) is 11.3 Å². The number of nitrogens with zero attached hydrogens (tertiary/aromatic N) is 5. The largest absolute Gasteiger partial charge is 0.341 e. The molecule has 0 N–H and O–H groups in total. The predicted octanol–water partition coefficient (Wildman–Crippen LogP) is 0.859. The van der Waals surface area contributed by atoms with Crippen LogP contribution in [0.4, 0.5) is 0 Å². The molecule has 0 radical (unpaired) electrons. The van der Waals surface area contributed by atoms with Gasteiger partial charge in [0, 0.05) is 69.1 Å². The van der Waals surface area contributed by atoms with Crippen LogP contribution in [0.5, 0.6) is 0 Å². The van der Waals surface area contributed by atoms with Gasteiger partial charge in [-0.1, -0.05) is 0 Å². The summed E-state index contributed by atoms with van der Waals surface area (Å²) in [7, 11) is 0. The van der Waals surface area contributed by atoms with Gasteiger partial charge in [-0.15, -0.1) is 0 Å². The van der Waals surface area contributed by atoms with Crippen molar-refractivity contribution in [3.63, 3.8) is 0 Å². The maximum atomic E-state index is 12.1. The molecule has 0 atom stereocenters. The third-order valence-corrected chi connectivity index (χ3v) is 5.15. The minimum absolute atomic E-state index is 0.0706. The van der Waals surface area contributed by atoms with Crippen molar-refractivity contribution in [1.29, 1.82) is 0 Å². The molecule has 1 amide bonds. The zero-order chi connectivity index (χ0) is 17.9. The number of likely N-dealkylation sites (tertiary alicyclic amines) is 2. The molecular weight excluding hydrogens is 330 g/mol. The predicted molar refractivity (Wildman–Crippen MR) is 97.5 cm³/mol. The summed E-state index contributed by atoms with van der Waals surface area (Å²) in [5, 5.41) is 4.50. The summed E-state index contributed by atoms with van der Waals surface area (Å²) in [5.41, 5.74) is 1.60. The van der Waals surface area contributed by atoms with E-state index in [1.165, 1.54) is 0 Å². The van der Waals surface area contributed by atoms with Crippen molar-refractivity contribution in [2.75, 3.05) is 32.7 Å². The lowest BCUT2D eigenvalue weighted by molar-refractivity contribution is -0.128. The van der Waals surface area contributed by atoms with Crippen LogP contribution in [0.25, 0.3) is 11.3 Å². The molecule has 0 spiro atoms. The van der Waals surface area contributed by atoms with Crippen molar-refractivity contribution in [1.82, 2.24) is 24.6 Å². The molecule has 2 aromatic rings. The molecule has 2 saturated heterocycles. The van der Waals surface area contributed by atoms with Crippen LogP contribution in [0.3, 0.4) is 0 Å². The van der Waals surface area contributed by atoms with Crippen molar-refractivity contribution < 1.29 is 4.79 Å². The molecule has 4 rings (SSSR count). The van der Waals surface area contributed by atoms with Crippen molar-refractivity contribution in [3.8, 4) is 11.3 Å². The van der Waals surface area contributed by atoms with E-state index in [0.717, 1.165) is 50.4 Å². The zero-order valence-electron chi connectivity index (χ0n) is 14.8. The summed E-state index contributed by atoms with van der Waals surface area (Å²) in [6, 6.07) is 7.12. The van der Waals surface area contributed by atoms with E-state index < -0.39 is 0 Å². The highest BCUT2D eigenvalue weighted by molar-refractivity contribution is 5.78. The lowest BCUT2D eigenvalue weighted by Crippen LogP contribution is -2.51. The van der Waals surface area contributed by atoms with E-state index >= 15 is 0 Å². The molecule has 7 nitrogen and oxygen atoms in total. The molecule has 136 valence electrons. The van der Waals surface area contributed by atoms with E-state index in [1.54, 1.807) is 29.2 Å². The van der Waals surface area contributed by atoms with Crippen molar-refractivity contribution in [3.05, 3.63) is 47.0 Å². The Kier molecular flexibility index (Phi) is 4.79. The van der Waals surface area contributed by atoms with Crippen molar-refractivity contribution >= 4 is 5.91 Å². The van der Waals surface area contributed by atoms with E-state index in [4.69, 9.17) is 0 Å². The van der Waals surface area contributed by atoms with Crippen molar-refractivity contribution in [2.45, 2.75) is 19.4 Å². The van der Waals surface area contributed by atoms with Crippen LogP contribution in [0, 0.1) is 5.92 Å². The van der Waals surface area contributed by atoms with Gasteiger partial charge < -0.3 is 9.80 Å². The Morgan fingerprint density at radius 3 is 2.73 bits per heavy atom. The van der Waals surface area contributed by atoms with Gasteiger partial charge >= 0.3 is 0 Å². The second-order valence-electron chi connectivity index (χ2n) is 7.09. The SMILES string of the molecule is O=C1CCCN1CCN1CC(Cn2nc(-c3cccnc3)ccc2=O)C1. The third-order valence-electron chi connectivity index (χ3n) is 5.15. The summed E-state index contributed by atoms with van der Waals surface area (Å²) in [6.45, 7) is 5.17. The van der Waals surface area contributed by atoms with Gasteiger partial charge in [-0.25, -0.2) is 4.68 Å². The maximum Gasteiger partial charge on any atom is 0.266 e. The average Bonchev–Trinajstić information content (AvgIpc) is 3.04. The molecule has 2 aliphatic heterocycles. The number of aromatic nitrogens is 3. The van der Waals surface area contributed by atoms with Gasteiger partial charge in [0.15, 0.2) is 0 Å². The fraction of sp³-hybridized carbons (Fsp3) is 0.474. The van der Waals surface area contributed by atoms with E-state index in [0.29, 0.717) is 18.9 Å². The smallest absolute Gasteiger partial charge is 0.266 e. The molecule has 2 aromatic heterocycles.